The molecule has 1 aliphatic heterocycles. The number of hydrazine groups is 1. The summed E-state index contributed by atoms with van der Waals surface area (Å²) in [6.45, 7) is 8.09. The highest BCUT2D eigenvalue weighted by Gasteiger charge is 2.22. The lowest BCUT2D eigenvalue weighted by molar-refractivity contribution is -0.121. The molecular formula is C33H42N4O5S. The number of nitrogens with zero attached hydrogens (tertiary/aromatic N) is 1. The van der Waals surface area contributed by atoms with Crippen molar-refractivity contribution >= 4 is 27.5 Å². The van der Waals surface area contributed by atoms with E-state index in [0.29, 0.717) is 5.56 Å². The number of amides is 2. The number of ether oxygens (including phenoxy) is 1. The molecular weight excluding hydrogens is 564 g/mol. The van der Waals surface area contributed by atoms with E-state index in [1.54, 1.807) is 31.2 Å². The van der Waals surface area contributed by atoms with Gasteiger partial charge in [0.15, 0.2) is 0 Å². The first kappa shape index (κ1) is 32.0. The summed E-state index contributed by atoms with van der Waals surface area (Å²) in [7, 11) is -3.96. The summed E-state index contributed by atoms with van der Waals surface area (Å²) in [5, 5.41) is 3.24. The number of para-hydroxylation sites is 1. The standard InChI is InChI=1S/C33H42N4O5S/c1-4-11-29(27-12-7-8-13-30(27)37-20-9-6-10-21-37)34-32(38)23-25-16-19-28(31(22-25)42-5-2)33(39)35-36-43(40,41)26-17-14-24(3)15-18-26/h7-8,12-19,22,29,36H,4-6,9-11,20-21,23H2,1-3H3,(H,34,38)(H,35,39). The molecule has 10 heteroatoms. The van der Waals surface area contributed by atoms with E-state index in [-0.39, 0.29) is 41.2 Å². The van der Waals surface area contributed by atoms with Crippen molar-refractivity contribution < 1.29 is 22.7 Å². The van der Waals surface area contributed by atoms with Crippen molar-refractivity contribution in [1.82, 2.24) is 15.6 Å². The summed E-state index contributed by atoms with van der Waals surface area (Å²) in [5.74, 6) is -0.537. The van der Waals surface area contributed by atoms with Crippen LogP contribution in [0.1, 0.15) is 79.0 Å². The molecule has 4 rings (SSSR count). The third kappa shape index (κ3) is 8.58. The minimum atomic E-state index is -3.96. The SMILES string of the molecule is CCCC(NC(=O)Cc1ccc(C(=O)NNS(=O)(=O)c2ccc(C)cc2)c(OCC)c1)c1ccccc1N1CCCCC1. The Bertz CT molecular complexity index is 1500. The summed E-state index contributed by atoms with van der Waals surface area (Å²) >= 11 is 0. The number of hydrogen-bond acceptors (Lipinski definition) is 6. The first-order chi connectivity index (χ1) is 20.7. The predicted molar refractivity (Wildman–Crippen MR) is 169 cm³/mol. The third-order valence-corrected chi connectivity index (χ3v) is 8.77. The van der Waals surface area contributed by atoms with Crippen LogP contribution in [0.25, 0.3) is 0 Å². The molecule has 0 spiro atoms. The van der Waals surface area contributed by atoms with Crippen LogP contribution in [0, 0.1) is 6.92 Å². The second-order valence-corrected chi connectivity index (χ2v) is 12.5. The first-order valence-corrected chi connectivity index (χ1v) is 16.5. The van der Waals surface area contributed by atoms with Gasteiger partial charge in [-0.2, -0.15) is 0 Å². The highest BCUT2D eigenvalue weighted by molar-refractivity contribution is 7.89. The maximum Gasteiger partial charge on any atom is 0.270 e. The number of carbonyl (C=O) groups excluding carboxylic acids is 2. The lowest BCUT2D eigenvalue weighted by Crippen LogP contribution is -2.41. The van der Waals surface area contributed by atoms with Crippen molar-refractivity contribution in [2.24, 2.45) is 0 Å². The van der Waals surface area contributed by atoms with Gasteiger partial charge in [0.1, 0.15) is 5.75 Å². The molecule has 1 saturated heterocycles. The van der Waals surface area contributed by atoms with Gasteiger partial charge in [0.2, 0.25) is 5.91 Å². The zero-order valence-electron chi connectivity index (χ0n) is 25.2. The molecule has 0 radical (unpaired) electrons. The molecule has 1 heterocycles. The zero-order chi connectivity index (χ0) is 30.8. The van der Waals surface area contributed by atoms with Crippen LogP contribution >= 0.6 is 0 Å². The van der Waals surface area contributed by atoms with Gasteiger partial charge in [0.25, 0.3) is 15.9 Å². The molecule has 1 fully saturated rings. The molecule has 1 aliphatic rings. The minimum absolute atomic E-state index is 0.0321. The Morgan fingerprint density at radius 3 is 2.37 bits per heavy atom. The molecule has 230 valence electrons. The van der Waals surface area contributed by atoms with Gasteiger partial charge in [0, 0.05) is 18.8 Å². The number of anilines is 1. The molecule has 3 aromatic rings. The number of benzene rings is 3. The van der Waals surface area contributed by atoms with E-state index in [9.17, 15) is 18.0 Å². The van der Waals surface area contributed by atoms with Gasteiger partial charge in [-0.15, -0.1) is 4.83 Å². The van der Waals surface area contributed by atoms with E-state index in [1.807, 2.05) is 13.0 Å². The van der Waals surface area contributed by atoms with E-state index in [1.165, 1.54) is 43.1 Å². The third-order valence-electron chi connectivity index (χ3n) is 7.51. The maximum atomic E-state index is 13.3. The topological polar surface area (TPSA) is 117 Å². The highest BCUT2D eigenvalue weighted by Crippen LogP contribution is 2.31. The summed E-state index contributed by atoms with van der Waals surface area (Å²) in [4.78, 5) is 30.8. The Labute approximate surface area is 255 Å². The fourth-order valence-electron chi connectivity index (χ4n) is 5.33. The Morgan fingerprint density at radius 2 is 1.67 bits per heavy atom. The van der Waals surface area contributed by atoms with Crippen molar-refractivity contribution in [2.75, 3.05) is 24.6 Å². The number of hydrogen-bond donors (Lipinski definition) is 3. The molecule has 3 N–H and O–H groups in total. The molecule has 9 nitrogen and oxygen atoms in total. The maximum absolute atomic E-state index is 13.3. The summed E-state index contributed by atoms with van der Waals surface area (Å²) in [6, 6.07) is 19.4. The molecule has 0 bridgehead atoms. The van der Waals surface area contributed by atoms with Crippen LogP contribution in [0.15, 0.2) is 71.6 Å². The van der Waals surface area contributed by atoms with Gasteiger partial charge >= 0.3 is 0 Å². The number of rotatable bonds is 13. The molecule has 2 amide bonds. The monoisotopic (exact) mass is 606 g/mol. The predicted octanol–water partition coefficient (Wildman–Crippen LogP) is 5.21. The number of sulfonamides is 1. The average Bonchev–Trinajstić information content (AvgIpc) is 3.01. The molecule has 3 aromatic carbocycles. The van der Waals surface area contributed by atoms with Crippen molar-refractivity contribution in [1.29, 1.82) is 0 Å². The smallest absolute Gasteiger partial charge is 0.270 e. The Balaban J connectivity index is 1.45. The number of carbonyl (C=O) groups is 2. The van der Waals surface area contributed by atoms with Gasteiger partial charge in [-0.3, -0.25) is 15.0 Å². The Kier molecular flexibility index (Phi) is 11.2. The molecule has 0 aliphatic carbocycles. The van der Waals surface area contributed by atoms with Crippen LogP contribution in [-0.4, -0.2) is 39.9 Å². The van der Waals surface area contributed by atoms with Crippen molar-refractivity contribution in [3.05, 3.63) is 89.0 Å². The van der Waals surface area contributed by atoms with Crippen LogP contribution in [0.5, 0.6) is 5.75 Å². The summed E-state index contributed by atoms with van der Waals surface area (Å²) in [5.41, 5.74) is 6.33. The van der Waals surface area contributed by atoms with Gasteiger partial charge in [-0.1, -0.05) is 55.3 Å². The van der Waals surface area contributed by atoms with Crippen LogP contribution < -0.4 is 25.2 Å². The van der Waals surface area contributed by atoms with Gasteiger partial charge in [-0.05, 0) is 81.0 Å². The van der Waals surface area contributed by atoms with Crippen LogP contribution in [0.4, 0.5) is 5.69 Å². The van der Waals surface area contributed by atoms with Gasteiger partial charge < -0.3 is 15.0 Å². The van der Waals surface area contributed by atoms with Gasteiger partial charge in [-0.25, -0.2) is 8.42 Å². The van der Waals surface area contributed by atoms with Gasteiger partial charge in [0.05, 0.1) is 29.5 Å². The molecule has 0 saturated carbocycles. The van der Waals surface area contributed by atoms with Crippen molar-refractivity contribution in [3.8, 4) is 5.75 Å². The summed E-state index contributed by atoms with van der Waals surface area (Å²) in [6.07, 6.45) is 5.45. The fourth-order valence-corrected chi connectivity index (χ4v) is 6.17. The Morgan fingerprint density at radius 1 is 0.953 bits per heavy atom. The molecule has 1 atom stereocenters. The van der Waals surface area contributed by atoms with Crippen molar-refractivity contribution in [2.45, 2.75) is 70.2 Å². The second kappa shape index (κ2) is 15.0. The number of piperidine rings is 1. The van der Waals surface area contributed by atoms with Crippen molar-refractivity contribution in [3.63, 3.8) is 0 Å². The van der Waals surface area contributed by atoms with E-state index < -0.39 is 15.9 Å². The van der Waals surface area contributed by atoms with Crippen LogP contribution in [-0.2, 0) is 21.2 Å². The molecule has 0 aromatic heterocycles. The number of nitrogens with one attached hydrogen (secondary N) is 3. The average molecular weight is 607 g/mol. The van der Waals surface area contributed by atoms with E-state index in [0.717, 1.165) is 37.1 Å². The Hall–Kier alpha value is -3.89. The summed E-state index contributed by atoms with van der Waals surface area (Å²) < 4.78 is 30.9. The normalized spacial score (nSPS) is 14.2. The largest absolute Gasteiger partial charge is 0.493 e. The van der Waals surface area contributed by atoms with Crippen LogP contribution in [0.3, 0.4) is 0 Å². The zero-order valence-corrected chi connectivity index (χ0v) is 26.0. The highest BCUT2D eigenvalue weighted by atomic mass is 32.2. The quantitative estimate of drug-likeness (QED) is 0.230. The number of aryl methyl sites for hydroxylation is 1. The minimum Gasteiger partial charge on any atom is -0.493 e. The van der Waals surface area contributed by atoms with Crippen LogP contribution in [0.2, 0.25) is 0 Å². The molecule has 43 heavy (non-hydrogen) atoms. The fraction of sp³-hybridized carbons (Fsp3) is 0.394. The second-order valence-electron chi connectivity index (χ2n) is 10.8. The van der Waals surface area contributed by atoms with E-state index in [4.69, 9.17) is 4.74 Å². The lowest BCUT2D eigenvalue weighted by Gasteiger charge is -2.32. The lowest BCUT2D eigenvalue weighted by atomic mass is 9.97. The van der Waals surface area contributed by atoms with E-state index >= 15 is 0 Å². The molecule has 1 unspecified atom stereocenters. The first-order valence-electron chi connectivity index (χ1n) is 15.0. The van der Waals surface area contributed by atoms with E-state index in [2.05, 4.69) is 45.6 Å².